The molecular weight excluding hydrogens is 288 g/mol. The van der Waals surface area contributed by atoms with Crippen LogP contribution in [0, 0.1) is 5.92 Å². The minimum absolute atomic E-state index is 0.592. The maximum atomic E-state index is 11.0. The molecule has 0 saturated carbocycles. The lowest BCUT2D eigenvalue weighted by Gasteiger charge is -2.09. The van der Waals surface area contributed by atoms with Crippen molar-refractivity contribution in [3.8, 4) is 0 Å². The number of methoxy groups -OCH3 is 1. The Hall–Kier alpha value is -0.830. The second-order valence-electron chi connectivity index (χ2n) is 6.70. The summed E-state index contributed by atoms with van der Waals surface area (Å²) in [5.41, 5.74) is 0. The van der Waals surface area contributed by atoms with Crippen LogP contribution in [0.25, 0.3) is 0 Å². The van der Waals surface area contributed by atoms with E-state index in [1.807, 2.05) is 6.08 Å². The van der Waals surface area contributed by atoms with Crippen LogP contribution in [-0.2, 0) is 9.53 Å². The quantitative estimate of drug-likeness (QED) is 0.248. The van der Waals surface area contributed by atoms with E-state index < -0.39 is 12.1 Å². The first-order chi connectivity index (χ1) is 11.1. The number of carbonyl (C=O) groups excluding carboxylic acids is 1. The highest BCUT2D eigenvalue weighted by atomic mass is 16.5. The zero-order valence-corrected chi connectivity index (χ0v) is 15.6. The molecule has 0 bridgehead atoms. The van der Waals surface area contributed by atoms with Gasteiger partial charge in [0.2, 0.25) is 0 Å². The second kappa shape index (κ2) is 16.0. The SMILES string of the molecule is CCCC(C)CCCCCCCCCC/C=C/[C@@H](O)C(=O)OC. The van der Waals surface area contributed by atoms with Gasteiger partial charge in [0.15, 0.2) is 6.10 Å². The third kappa shape index (κ3) is 14.5. The Kier molecular flexibility index (Phi) is 15.5. The van der Waals surface area contributed by atoms with E-state index in [-0.39, 0.29) is 0 Å². The van der Waals surface area contributed by atoms with Crippen molar-refractivity contribution in [1.82, 2.24) is 0 Å². The molecule has 0 rings (SSSR count). The minimum Gasteiger partial charge on any atom is -0.467 e. The number of aliphatic hydroxyl groups is 1. The van der Waals surface area contributed by atoms with Crippen LogP contribution in [0.15, 0.2) is 12.2 Å². The van der Waals surface area contributed by atoms with Gasteiger partial charge in [0.25, 0.3) is 0 Å². The lowest BCUT2D eigenvalue weighted by Crippen LogP contribution is -2.18. The largest absolute Gasteiger partial charge is 0.467 e. The average Bonchev–Trinajstić information content (AvgIpc) is 2.55. The number of unbranched alkanes of at least 4 members (excludes halogenated alkanes) is 8. The van der Waals surface area contributed by atoms with Crippen molar-refractivity contribution in [2.24, 2.45) is 5.92 Å². The molecule has 0 aliphatic rings. The minimum atomic E-state index is -1.11. The first kappa shape index (κ1) is 22.2. The van der Waals surface area contributed by atoms with E-state index in [2.05, 4.69) is 18.6 Å². The maximum absolute atomic E-state index is 11.0. The van der Waals surface area contributed by atoms with Crippen molar-refractivity contribution in [3.63, 3.8) is 0 Å². The normalized spacial score (nSPS) is 14.1. The number of rotatable bonds is 15. The smallest absolute Gasteiger partial charge is 0.338 e. The van der Waals surface area contributed by atoms with E-state index in [4.69, 9.17) is 0 Å². The molecule has 136 valence electrons. The molecule has 23 heavy (non-hydrogen) atoms. The molecule has 0 aliphatic heterocycles. The first-order valence-electron chi connectivity index (χ1n) is 9.54. The first-order valence-corrected chi connectivity index (χ1v) is 9.54. The zero-order valence-electron chi connectivity index (χ0n) is 15.6. The number of hydrogen-bond donors (Lipinski definition) is 1. The van der Waals surface area contributed by atoms with Crippen LogP contribution >= 0.6 is 0 Å². The van der Waals surface area contributed by atoms with Gasteiger partial charge in [-0.2, -0.15) is 0 Å². The number of hydrogen-bond acceptors (Lipinski definition) is 3. The summed E-state index contributed by atoms with van der Waals surface area (Å²) in [7, 11) is 1.28. The van der Waals surface area contributed by atoms with Crippen LogP contribution < -0.4 is 0 Å². The topological polar surface area (TPSA) is 46.5 Å². The number of allylic oxidation sites excluding steroid dienone is 1. The van der Waals surface area contributed by atoms with Gasteiger partial charge in [-0.1, -0.05) is 84.1 Å². The second-order valence-corrected chi connectivity index (χ2v) is 6.70. The molecule has 0 saturated heterocycles. The standard InChI is InChI=1S/C20H38O3/c1-4-15-18(2)16-13-11-9-7-5-6-8-10-12-14-17-19(21)20(22)23-3/h14,17-19,21H,4-13,15-16H2,1-3H3/b17-14+/t18?,19-/m1/s1. The van der Waals surface area contributed by atoms with E-state index in [1.54, 1.807) is 0 Å². The molecule has 0 spiro atoms. The van der Waals surface area contributed by atoms with Crippen LogP contribution in [0.3, 0.4) is 0 Å². The van der Waals surface area contributed by atoms with Gasteiger partial charge in [0.1, 0.15) is 0 Å². The molecule has 0 heterocycles. The summed E-state index contributed by atoms with van der Waals surface area (Å²) in [6.45, 7) is 4.65. The fourth-order valence-electron chi connectivity index (χ4n) is 2.88. The molecule has 0 aliphatic carbocycles. The van der Waals surface area contributed by atoms with Crippen molar-refractivity contribution < 1.29 is 14.6 Å². The lowest BCUT2D eigenvalue weighted by molar-refractivity contribution is -0.147. The Morgan fingerprint density at radius 2 is 1.57 bits per heavy atom. The Bertz CT molecular complexity index is 299. The average molecular weight is 327 g/mol. The van der Waals surface area contributed by atoms with Crippen LogP contribution in [0.1, 0.15) is 90.9 Å². The van der Waals surface area contributed by atoms with Gasteiger partial charge in [-0.3, -0.25) is 0 Å². The lowest BCUT2D eigenvalue weighted by atomic mass is 9.98. The highest BCUT2D eigenvalue weighted by Gasteiger charge is 2.09. The van der Waals surface area contributed by atoms with E-state index in [1.165, 1.54) is 77.4 Å². The summed E-state index contributed by atoms with van der Waals surface area (Å²) in [6, 6.07) is 0. The molecule has 3 heteroatoms. The maximum Gasteiger partial charge on any atom is 0.338 e. The fourth-order valence-corrected chi connectivity index (χ4v) is 2.88. The Balaban J connectivity index is 3.28. The summed E-state index contributed by atoms with van der Waals surface area (Å²) < 4.78 is 4.45. The van der Waals surface area contributed by atoms with Crippen LogP contribution in [0.5, 0.6) is 0 Å². The van der Waals surface area contributed by atoms with Crippen molar-refractivity contribution in [2.45, 2.75) is 97.0 Å². The van der Waals surface area contributed by atoms with E-state index in [0.717, 1.165) is 18.8 Å². The highest BCUT2D eigenvalue weighted by molar-refractivity contribution is 5.76. The molecule has 0 aromatic carbocycles. The van der Waals surface area contributed by atoms with Gasteiger partial charge >= 0.3 is 5.97 Å². The summed E-state index contributed by atoms with van der Waals surface area (Å²) >= 11 is 0. The predicted octanol–water partition coefficient (Wildman–Crippen LogP) is 5.41. The van der Waals surface area contributed by atoms with Gasteiger partial charge in [-0.25, -0.2) is 4.79 Å². The summed E-state index contributed by atoms with van der Waals surface area (Å²) in [6.07, 6.45) is 17.8. The Morgan fingerprint density at radius 3 is 2.13 bits per heavy atom. The zero-order chi connectivity index (χ0) is 17.3. The van der Waals surface area contributed by atoms with Crippen LogP contribution in [0.4, 0.5) is 0 Å². The number of aliphatic hydroxyl groups excluding tert-OH is 1. The monoisotopic (exact) mass is 326 g/mol. The predicted molar refractivity (Wildman–Crippen MR) is 97.4 cm³/mol. The third-order valence-electron chi connectivity index (χ3n) is 4.36. The molecule has 0 aromatic heterocycles. The number of ether oxygens (including phenoxy) is 1. The van der Waals surface area contributed by atoms with Gasteiger partial charge < -0.3 is 9.84 Å². The van der Waals surface area contributed by atoms with Crippen molar-refractivity contribution in [1.29, 1.82) is 0 Å². The van der Waals surface area contributed by atoms with Gasteiger partial charge in [-0.15, -0.1) is 0 Å². The molecule has 0 aromatic rings. The van der Waals surface area contributed by atoms with Crippen molar-refractivity contribution in [3.05, 3.63) is 12.2 Å². The Labute approximate surface area is 143 Å². The number of esters is 1. The summed E-state index contributed by atoms with van der Waals surface area (Å²) in [4.78, 5) is 11.0. The van der Waals surface area contributed by atoms with Gasteiger partial charge in [-0.05, 0) is 24.8 Å². The molecule has 3 nitrogen and oxygen atoms in total. The Morgan fingerprint density at radius 1 is 1.00 bits per heavy atom. The molecule has 0 radical (unpaired) electrons. The van der Waals surface area contributed by atoms with E-state index in [0.29, 0.717) is 0 Å². The molecule has 2 atom stereocenters. The van der Waals surface area contributed by atoms with E-state index in [9.17, 15) is 9.90 Å². The third-order valence-corrected chi connectivity index (χ3v) is 4.36. The fraction of sp³-hybridized carbons (Fsp3) is 0.850. The van der Waals surface area contributed by atoms with Crippen molar-refractivity contribution >= 4 is 5.97 Å². The molecule has 0 amide bonds. The van der Waals surface area contributed by atoms with Crippen LogP contribution in [-0.4, -0.2) is 24.3 Å². The van der Waals surface area contributed by atoms with Gasteiger partial charge in [0.05, 0.1) is 7.11 Å². The van der Waals surface area contributed by atoms with Crippen LogP contribution in [0.2, 0.25) is 0 Å². The van der Waals surface area contributed by atoms with E-state index >= 15 is 0 Å². The molecule has 1 unspecified atom stereocenters. The summed E-state index contributed by atoms with van der Waals surface area (Å²) in [5, 5.41) is 9.36. The molecular formula is C20H38O3. The van der Waals surface area contributed by atoms with Gasteiger partial charge in [0, 0.05) is 0 Å². The summed E-state index contributed by atoms with van der Waals surface area (Å²) in [5.74, 6) is 0.316. The molecule has 1 N–H and O–H groups in total. The molecule has 0 fully saturated rings. The number of carbonyl (C=O) groups is 1. The van der Waals surface area contributed by atoms with Crippen molar-refractivity contribution in [2.75, 3.05) is 7.11 Å². The highest BCUT2D eigenvalue weighted by Crippen LogP contribution is 2.16.